The highest BCUT2D eigenvalue weighted by molar-refractivity contribution is 6.42. The van der Waals surface area contributed by atoms with Gasteiger partial charge in [-0.1, -0.05) is 12.1 Å². The standard InChI is InChI=1S/C17H19NO7/c1-23-11-6-4-10(5-7-11)9-18-12(8-13(19)24-2)14(17(22)25-3)15(20)16(18)21/h4-7,12,14H,8-9H2,1-3H3/t12-,14+/m1/s1. The SMILES string of the molecule is COC(=O)C[C@@H]1[C@H](C(=O)OC)C(=O)C(=O)N1Cc1ccc(OC)cc1. The minimum atomic E-state index is -1.34. The Balaban J connectivity index is 2.30. The van der Waals surface area contributed by atoms with Gasteiger partial charge in [-0.25, -0.2) is 0 Å². The van der Waals surface area contributed by atoms with Gasteiger partial charge in [-0.3, -0.25) is 19.2 Å². The maximum atomic E-state index is 12.3. The van der Waals surface area contributed by atoms with Crippen molar-refractivity contribution in [3.63, 3.8) is 0 Å². The van der Waals surface area contributed by atoms with E-state index in [0.717, 1.165) is 12.7 Å². The summed E-state index contributed by atoms with van der Waals surface area (Å²) in [5.74, 6) is -3.86. The second-order valence-corrected chi connectivity index (χ2v) is 5.49. The van der Waals surface area contributed by atoms with Crippen LogP contribution < -0.4 is 4.74 Å². The molecule has 0 N–H and O–H groups in total. The summed E-state index contributed by atoms with van der Waals surface area (Å²) in [5.41, 5.74) is 0.724. The highest BCUT2D eigenvalue weighted by Gasteiger charge is 2.52. The molecule has 1 fully saturated rings. The monoisotopic (exact) mass is 349 g/mol. The lowest BCUT2D eigenvalue weighted by atomic mass is 9.96. The Kier molecular flexibility index (Phi) is 5.74. The molecule has 1 aliphatic heterocycles. The van der Waals surface area contributed by atoms with Crippen molar-refractivity contribution in [1.29, 1.82) is 0 Å². The molecule has 134 valence electrons. The number of hydrogen-bond donors (Lipinski definition) is 0. The zero-order valence-electron chi connectivity index (χ0n) is 14.2. The number of ketones is 1. The van der Waals surface area contributed by atoms with Gasteiger partial charge in [-0.05, 0) is 17.7 Å². The molecule has 8 nitrogen and oxygen atoms in total. The molecule has 1 aliphatic rings. The summed E-state index contributed by atoms with van der Waals surface area (Å²) in [6, 6.07) is 5.95. The predicted octanol–water partition coefficient (Wildman–Crippen LogP) is 0.327. The van der Waals surface area contributed by atoms with Crippen LogP contribution in [-0.2, 0) is 35.2 Å². The molecule has 0 aliphatic carbocycles. The molecule has 25 heavy (non-hydrogen) atoms. The summed E-state index contributed by atoms with van der Waals surface area (Å²) in [6.45, 7) is 0.0731. The number of rotatable bonds is 6. The Hall–Kier alpha value is -2.90. The van der Waals surface area contributed by atoms with Gasteiger partial charge in [0.2, 0.25) is 5.78 Å². The van der Waals surface area contributed by atoms with Crippen LogP contribution in [0, 0.1) is 5.92 Å². The van der Waals surface area contributed by atoms with Gasteiger partial charge in [0, 0.05) is 6.54 Å². The molecule has 1 aromatic rings. The van der Waals surface area contributed by atoms with Gasteiger partial charge in [0.1, 0.15) is 11.7 Å². The van der Waals surface area contributed by atoms with Crippen molar-refractivity contribution in [2.45, 2.75) is 19.0 Å². The normalized spacial score (nSPS) is 19.7. The lowest BCUT2D eigenvalue weighted by Crippen LogP contribution is -2.39. The van der Waals surface area contributed by atoms with Gasteiger partial charge < -0.3 is 19.1 Å². The van der Waals surface area contributed by atoms with Gasteiger partial charge in [0.15, 0.2) is 0 Å². The number of carbonyl (C=O) groups excluding carboxylic acids is 4. The second kappa shape index (κ2) is 7.78. The van der Waals surface area contributed by atoms with Gasteiger partial charge >= 0.3 is 11.9 Å². The molecule has 0 unspecified atom stereocenters. The third kappa shape index (κ3) is 3.78. The Morgan fingerprint density at radius 3 is 2.20 bits per heavy atom. The average molecular weight is 349 g/mol. The number of methoxy groups -OCH3 is 3. The summed E-state index contributed by atoms with van der Waals surface area (Å²) in [4.78, 5) is 49.4. The first-order valence-electron chi connectivity index (χ1n) is 7.55. The zero-order valence-corrected chi connectivity index (χ0v) is 14.2. The number of Topliss-reactive ketones (excluding diaryl/α,β-unsaturated/α-hetero) is 1. The Morgan fingerprint density at radius 1 is 1.04 bits per heavy atom. The molecule has 0 aromatic heterocycles. The molecule has 8 heteroatoms. The van der Waals surface area contributed by atoms with Crippen molar-refractivity contribution in [1.82, 2.24) is 4.90 Å². The van der Waals surface area contributed by atoms with Crippen molar-refractivity contribution >= 4 is 23.6 Å². The smallest absolute Gasteiger partial charge is 0.318 e. The van der Waals surface area contributed by atoms with Gasteiger partial charge in [0.25, 0.3) is 5.91 Å². The van der Waals surface area contributed by atoms with Crippen LogP contribution >= 0.6 is 0 Å². The number of nitrogens with zero attached hydrogens (tertiary/aromatic N) is 1. The van der Waals surface area contributed by atoms with Crippen LogP contribution in [0.4, 0.5) is 0 Å². The van der Waals surface area contributed by atoms with Crippen LogP contribution in [0.25, 0.3) is 0 Å². The summed E-state index contributed by atoms with van der Waals surface area (Å²) in [5, 5.41) is 0. The topological polar surface area (TPSA) is 99.2 Å². The van der Waals surface area contributed by atoms with Crippen LogP contribution in [-0.4, -0.2) is 55.9 Å². The summed E-state index contributed by atoms with van der Waals surface area (Å²) in [7, 11) is 3.86. The van der Waals surface area contributed by atoms with E-state index >= 15 is 0 Å². The van der Waals surface area contributed by atoms with E-state index in [0.29, 0.717) is 5.75 Å². The van der Waals surface area contributed by atoms with Gasteiger partial charge in [-0.15, -0.1) is 0 Å². The fraction of sp³-hybridized carbons (Fsp3) is 0.412. The first kappa shape index (κ1) is 18.4. The van der Waals surface area contributed by atoms with E-state index < -0.39 is 35.6 Å². The van der Waals surface area contributed by atoms with Crippen LogP contribution in [0.15, 0.2) is 24.3 Å². The van der Waals surface area contributed by atoms with E-state index in [1.807, 2.05) is 0 Å². The first-order valence-corrected chi connectivity index (χ1v) is 7.55. The molecular weight excluding hydrogens is 330 g/mol. The van der Waals surface area contributed by atoms with E-state index in [1.165, 1.54) is 19.1 Å². The lowest BCUT2D eigenvalue weighted by Gasteiger charge is -2.25. The molecule has 1 heterocycles. The Bertz CT molecular complexity index is 683. The maximum absolute atomic E-state index is 12.3. The highest BCUT2D eigenvalue weighted by atomic mass is 16.5. The summed E-state index contributed by atoms with van der Waals surface area (Å²) in [6.07, 6.45) is -0.274. The first-order chi connectivity index (χ1) is 11.9. The number of amides is 1. The number of ether oxygens (including phenoxy) is 3. The molecule has 2 atom stereocenters. The summed E-state index contributed by atoms with van der Waals surface area (Å²) < 4.78 is 14.3. The number of benzene rings is 1. The zero-order chi connectivity index (χ0) is 18.6. The lowest BCUT2D eigenvalue weighted by molar-refractivity contribution is -0.151. The summed E-state index contributed by atoms with van der Waals surface area (Å²) >= 11 is 0. The van der Waals surface area contributed by atoms with Crippen LogP contribution in [0.3, 0.4) is 0 Å². The number of carbonyl (C=O) groups is 4. The second-order valence-electron chi connectivity index (χ2n) is 5.49. The maximum Gasteiger partial charge on any atom is 0.318 e. The fourth-order valence-electron chi connectivity index (χ4n) is 2.77. The van der Waals surface area contributed by atoms with E-state index in [4.69, 9.17) is 4.74 Å². The van der Waals surface area contributed by atoms with Gasteiger partial charge in [0.05, 0.1) is 33.8 Å². The Labute approximate surface area is 144 Å². The molecule has 0 bridgehead atoms. The molecular formula is C17H19NO7. The van der Waals surface area contributed by atoms with Crippen LogP contribution in [0.5, 0.6) is 5.75 Å². The van der Waals surface area contributed by atoms with Crippen molar-refractivity contribution in [2.24, 2.45) is 5.92 Å². The Morgan fingerprint density at radius 2 is 1.68 bits per heavy atom. The number of esters is 2. The molecule has 1 aromatic carbocycles. The van der Waals surface area contributed by atoms with Crippen molar-refractivity contribution in [3.05, 3.63) is 29.8 Å². The van der Waals surface area contributed by atoms with Crippen molar-refractivity contribution < 1.29 is 33.4 Å². The quantitative estimate of drug-likeness (QED) is 0.414. The predicted molar refractivity (Wildman–Crippen MR) is 84.5 cm³/mol. The van der Waals surface area contributed by atoms with E-state index in [9.17, 15) is 19.2 Å². The minimum Gasteiger partial charge on any atom is -0.497 e. The average Bonchev–Trinajstić information content (AvgIpc) is 2.86. The molecule has 1 saturated heterocycles. The minimum absolute atomic E-state index is 0.0731. The largest absolute Gasteiger partial charge is 0.497 e. The molecule has 2 rings (SSSR count). The molecule has 1 amide bonds. The third-order valence-electron chi connectivity index (χ3n) is 4.11. The van der Waals surface area contributed by atoms with Crippen molar-refractivity contribution in [2.75, 3.05) is 21.3 Å². The molecule has 0 radical (unpaired) electrons. The van der Waals surface area contributed by atoms with E-state index in [1.54, 1.807) is 24.3 Å². The van der Waals surface area contributed by atoms with Crippen molar-refractivity contribution in [3.8, 4) is 5.75 Å². The van der Waals surface area contributed by atoms with Gasteiger partial charge in [-0.2, -0.15) is 0 Å². The highest BCUT2D eigenvalue weighted by Crippen LogP contribution is 2.29. The van der Waals surface area contributed by atoms with E-state index in [-0.39, 0.29) is 13.0 Å². The van der Waals surface area contributed by atoms with Crippen LogP contribution in [0.2, 0.25) is 0 Å². The number of likely N-dealkylation sites (tertiary alicyclic amines) is 1. The fourth-order valence-corrected chi connectivity index (χ4v) is 2.77. The number of hydrogen-bond acceptors (Lipinski definition) is 7. The van der Waals surface area contributed by atoms with E-state index in [2.05, 4.69) is 9.47 Å². The third-order valence-corrected chi connectivity index (χ3v) is 4.11. The van der Waals surface area contributed by atoms with Crippen LogP contribution in [0.1, 0.15) is 12.0 Å². The molecule has 0 saturated carbocycles. The molecule has 0 spiro atoms.